The highest BCUT2D eigenvalue weighted by molar-refractivity contribution is 6.30. The number of hydrogen-bond donors (Lipinski definition) is 1. The van der Waals surface area contributed by atoms with Gasteiger partial charge in [0.05, 0.1) is 11.8 Å². The van der Waals surface area contributed by atoms with Crippen LogP contribution in [0.2, 0.25) is 5.02 Å². The van der Waals surface area contributed by atoms with Gasteiger partial charge in [0.2, 0.25) is 17.7 Å². The van der Waals surface area contributed by atoms with E-state index in [0.29, 0.717) is 10.7 Å². The van der Waals surface area contributed by atoms with Crippen LogP contribution in [0.4, 0.5) is 5.69 Å². The number of benzene rings is 1. The Hall–Kier alpha value is -2.14. The molecule has 1 saturated carbocycles. The maximum absolute atomic E-state index is 12.5. The second kappa shape index (κ2) is 5.74. The number of anilines is 1. The zero-order valence-corrected chi connectivity index (χ0v) is 13.7. The lowest BCUT2D eigenvalue weighted by atomic mass is 9.85. The summed E-state index contributed by atoms with van der Waals surface area (Å²) in [5.41, 5.74) is 0.641. The van der Waals surface area contributed by atoms with Crippen LogP contribution in [0.1, 0.15) is 12.8 Å². The summed E-state index contributed by atoms with van der Waals surface area (Å²) >= 11 is 5.80. The summed E-state index contributed by atoms with van der Waals surface area (Å²) in [4.78, 5) is 38.4. The van der Waals surface area contributed by atoms with Gasteiger partial charge in [-0.3, -0.25) is 19.3 Å². The fourth-order valence-corrected chi connectivity index (χ4v) is 4.28. The highest BCUT2D eigenvalue weighted by atomic mass is 35.5. The molecule has 24 heavy (non-hydrogen) atoms. The normalized spacial score (nSPS) is 30.1. The van der Waals surface area contributed by atoms with Crippen molar-refractivity contribution < 1.29 is 14.4 Å². The van der Waals surface area contributed by atoms with E-state index in [9.17, 15) is 14.4 Å². The van der Waals surface area contributed by atoms with Crippen molar-refractivity contribution >= 4 is 35.0 Å². The largest absolute Gasteiger partial charge is 0.326 e. The summed E-state index contributed by atoms with van der Waals surface area (Å²) in [5, 5.41) is 3.34. The molecule has 5 nitrogen and oxygen atoms in total. The molecular weight excluding hydrogens is 328 g/mol. The first-order valence-electron chi connectivity index (χ1n) is 8.13. The van der Waals surface area contributed by atoms with Crippen LogP contribution in [0.5, 0.6) is 0 Å². The van der Waals surface area contributed by atoms with Crippen LogP contribution >= 0.6 is 11.6 Å². The lowest BCUT2D eigenvalue weighted by Crippen LogP contribution is -2.35. The van der Waals surface area contributed by atoms with Gasteiger partial charge in [-0.1, -0.05) is 23.8 Å². The Morgan fingerprint density at radius 3 is 2.25 bits per heavy atom. The number of nitrogens with one attached hydrogen (secondary N) is 1. The smallest absolute Gasteiger partial charge is 0.233 e. The molecule has 6 heteroatoms. The van der Waals surface area contributed by atoms with Crippen molar-refractivity contribution in [2.45, 2.75) is 12.8 Å². The highest BCUT2D eigenvalue weighted by Crippen LogP contribution is 2.52. The Morgan fingerprint density at radius 1 is 1.08 bits per heavy atom. The molecule has 0 radical (unpaired) electrons. The molecule has 2 aliphatic carbocycles. The third-order valence-electron chi connectivity index (χ3n) is 5.25. The van der Waals surface area contributed by atoms with Crippen molar-refractivity contribution in [3.05, 3.63) is 41.4 Å². The van der Waals surface area contributed by atoms with Crippen LogP contribution < -0.4 is 5.32 Å². The van der Waals surface area contributed by atoms with E-state index in [1.165, 1.54) is 4.90 Å². The van der Waals surface area contributed by atoms with Gasteiger partial charge in [0, 0.05) is 23.7 Å². The quantitative estimate of drug-likeness (QED) is 0.674. The molecule has 0 spiro atoms. The number of hydrogen-bond acceptors (Lipinski definition) is 3. The Kier molecular flexibility index (Phi) is 3.68. The Bertz CT molecular complexity index is 713. The molecule has 3 aliphatic rings. The second-order valence-corrected chi connectivity index (χ2v) is 7.07. The van der Waals surface area contributed by atoms with Crippen LogP contribution in [-0.4, -0.2) is 29.2 Å². The lowest BCUT2D eigenvalue weighted by molar-refractivity contribution is -0.140. The fraction of sp³-hybridized carbons (Fsp3) is 0.389. The third kappa shape index (κ3) is 2.44. The number of carbonyl (C=O) groups excluding carboxylic acids is 3. The standard InChI is InChI=1S/C18H17ClN2O3/c19-12-3-5-13(6-4-12)20-14(22)7-8-21-17(23)15-10-1-2-11(9-10)16(15)18(21)24/h1-6,10-11,15-16H,7-9H2,(H,20,22)/t10-,11+,15+,16-. The molecular formula is C18H17ClN2O3. The van der Waals surface area contributed by atoms with E-state index in [0.717, 1.165) is 6.42 Å². The molecule has 0 unspecified atom stereocenters. The first kappa shape index (κ1) is 15.4. The number of rotatable bonds is 4. The summed E-state index contributed by atoms with van der Waals surface area (Å²) in [7, 11) is 0. The maximum Gasteiger partial charge on any atom is 0.233 e. The minimum atomic E-state index is -0.226. The zero-order valence-electron chi connectivity index (χ0n) is 12.9. The molecule has 1 aromatic carbocycles. The number of carbonyl (C=O) groups is 3. The highest BCUT2D eigenvalue weighted by Gasteiger charge is 2.58. The van der Waals surface area contributed by atoms with Crippen molar-refractivity contribution in [2.75, 3.05) is 11.9 Å². The van der Waals surface area contributed by atoms with Gasteiger partial charge in [-0.15, -0.1) is 0 Å². The van der Waals surface area contributed by atoms with Crippen molar-refractivity contribution in [3.63, 3.8) is 0 Å². The number of amides is 3. The summed E-state index contributed by atoms with van der Waals surface area (Å²) in [6.45, 7) is 0.142. The summed E-state index contributed by atoms with van der Waals surface area (Å²) in [6, 6.07) is 6.80. The number of allylic oxidation sites excluding steroid dienone is 2. The summed E-state index contributed by atoms with van der Waals surface area (Å²) in [5.74, 6) is -0.453. The van der Waals surface area contributed by atoms with E-state index >= 15 is 0 Å². The molecule has 1 N–H and O–H groups in total. The molecule has 4 rings (SSSR count). The predicted octanol–water partition coefficient (Wildman–Crippen LogP) is 2.48. The van der Waals surface area contributed by atoms with Crippen molar-refractivity contribution in [3.8, 4) is 0 Å². The monoisotopic (exact) mass is 344 g/mol. The molecule has 3 amide bonds. The second-order valence-electron chi connectivity index (χ2n) is 6.63. The lowest BCUT2D eigenvalue weighted by Gasteiger charge is -2.16. The molecule has 1 aromatic rings. The molecule has 124 valence electrons. The topological polar surface area (TPSA) is 66.5 Å². The first-order chi connectivity index (χ1) is 11.5. The molecule has 2 fully saturated rings. The first-order valence-corrected chi connectivity index (χ1v) is 8.51. The van der Waals surface area contributed by atoms with Crippen molar-refractivity contribution in [2.24, 2.45) is 23.7 Å². The Balaban J connectivity index is 1.36. The van der Waals surface area contributed by atoms with E-state index in [1.807, 2.05) is 0 Å². The summed E-state index contributed by atoms with van der Waals surface area (Å²) in [6.07, 6.45) is 5.14. The Morgan fingerprint density at radius 2 is 1.67 bits per heavy atom. The number of halogens is 1. The zero-order chi connectivity index (χ0) is 16.8. The average molecular weight is 345 g/mol. The van der Waals surface area contributed by atoms with Gasteiger partial charge in [-0.25, -0.2) is 0 Å². The van der Waals surface area contributed by atoms with Gasteiger partial charge >= 0.3 is 0 Å². The van der Waals surface area contributed by atoms with Crippen LogP contribution in [0.15, 0.2) is 36.4 Å². The third-order valence-corrected chi connectivity index (χ3v) is 5.50. The predicted molar refractivity (Wildman–Crippen MR) is 89.1 cm³/mol. The molecule has 4 atom stereocenters. The van der Waals surface area contributed by atoms with Gasteiger partial charge < -0.3 is 5.32 Å². The van der Waals surface area contributed by atoms with Crippen LogP contribution in [0.25, 0.3) is 0 Å². The maximum atomic E-state index is 12.5. The molecule has 0 aromatic heterocycles. The number of imide groups is 1. The van der Waals surface area contributed by atoms with Crippen molar-refractivity contribution in [1.29, 1.82) is 0 Å². The van der Waals surface area contributed by atoms with Gasteiger partial charge in [-0.05, 0) is 42.5 Å². The van der Waals surface area contributed by atoms with Gasteiger partial charge in [0.15, 0.2) is 0 Å². The minimum Gasteiger partial charge on any atom is -0.326 e. The van der Waals surface area contributed by atoms with Gasteiger partial charge in [0.1, 0.15) is 0 Å². The molecule has 1 heterocycles. The van der Waals surface area contributed by atoms with E-state index < -0.39 is 0 Å². The number of fused-ring (bicyclic) bond motifs is 5. The van der Waals surface area contributed by atoms with Crippen molar-refractivity contribution in [1.82, 2.24) is 4.90 Å². The van der Waals surface area contributed by atoms with E-state index in [4.69, 9.17) is 11.6 Å². The van der Waals surface area contributed by atoms with E-state index in [-0.39, 0.29) is 54.4 Å². The van der Waals surface area contributed by atoms with Gasteiger partial charge in [0.25, 0.3) is 0 Å². The molecule has 2 bridgehead atoms. The molecule has 1 saturated heterocycles. The number of likely N-dealkylation sites (tertiary alicyclic amines) is 1. The minimum absolute atomic E-state index is 0.0995. The van der Waals surface area contributed by atoms with Crippen LogP contribution in [0, 0.1) is 23.7 Å². The van der Waals surface area contributed by atoms with E-state index in [1.54, 1.807) is 24.3 Å². The van der Waals surface area contributed by atoms with E-state index in [2.05, 4.69) is 17.5 Å². The number of nitrogens with zero attached hydrogens (tertiary/aromatic N) is 1. The van der Waals surface area contributed by atoms with Gasteiger partial charge in [-0.2, -0.15) is 0 Å². The fourth-order valence-electron chi connectivity index (χ4n) is 4.15. The Labute approximate surface area is 144 Å². The SMILES string of the molecule is O=C(CCN1C(=O)[C@@H]2[C@H](C1=O)[C@H]1C=C[C@@H]2C1)Nc1ccc(Cl)cc1. The van der Waals surface area contributed by atoms with Crippen LogP contribution in [-0.2, 0) is 14.4 Å². The average Bonchev–Trinajstić information content (AvgIpc) is 3.23. The van der Waals surface area contributed by atoms with Crippen LogP contribution in [0.3, 0.4) is 0 Å². The molecule has 1 aliphatic heterocycles. The summed E-state index contributed by atoms with van der Waals surface area (Å²) < 4.78 is 0.